The summed E-state index contributed by atoms with van der Waals surface area (Å²) in [4.78, 5) is 19.8. The zero-order valence-electron chi connectivity index (χ0n) is 12.2. The molecule has 1 amide bonds. The number of fused-ring (bicyclic) bond motifs is 3. The molecule has 6 nitrogen and oxygen atoms in total. The van der Waals surface area contributed by atoms with Crippen LogP contribution in [0, 0.1) is 0 Å². The molecule has 0 radical (unpaired) electrons. The Bertz CT molecular complexity index is 886. The number of benzene rings is 1. The van der Waals surface area contributed by atoms with Gasteiger partial charge in [0.2, 0.25) is 5.91 Å². The van der Waals surface area contributed by atoms with Gasteiger partial charge < -0.3 is 20.4 Å². The number of carbonyl (C=O) groups is 1. The quantitative estimate of drug-likeness (QED) is 0.673. The van der Waals surface area contributed by atoms with Gasteiger partial charge in [-0.05, 0) is 18.2 Å². The Morgan fingerprint density at radius 1 is 1.39 bits per heavy atom. The molecule has 3 N–H and O–H groups in total. The van der Waals surface area contributed by atoms with Gasteiger partial charge in [0.25, 0.3) is 0 Å². The fourth-order valence-corrected chi connectivity index (χ4v) is 3.09. The first-order valence-electron chi connectivity index (χ1n) is 7.39. The van der Waals surface area contributed by atoms with Crippen LogP contribution in [0.3, 0.4) is 0 Å². The first kappa shape index (κ1) is 14.4. The van der Waals surface area contributed by atoms with Crippen LogP contribution >= 0.6 is 11.6 Å². The Kier molecular flexibility index (Phi) is 3.65. The van der Waals surface area contributed by atoms with Gasteiger partial charge in [0.15, 0.2) is 0 Å². The van der Waals surface area contributed by atoms with Gasteiger partial charge in [-0.1, -0.05) is 11.6 Å². The van der Waals surface area contributed by atoms with Crippen molar-refractivity contribution in [3.8, 4) is 0 Å². The van der Waals surface area contributed by atoms with E-state index < -0.39 is 0 Å². The number of anilines is 1. The molecule has 1 aliphatic rings. The number of nitrogens with one attached hydrogen (secondary N) is 3. The van der Waals surface area contributed by atoms with Crippen LogP contribution in [-0.2, 0) is 9.53 Å². The Balaban J connectivity index is 1.75. The van der Waals surface area contributed by atoms with Crippen molar-refractivity contribution in [1.29, 1.82) is 0 Å². The number of rotatable bonds is 2. The molecule has 3 aromatic rings. The Morgan fingerprint density at radius 3 is 3.13 bits per heavy atom. The number of ether oxygens (including phenoxy) is 1. The van der Waals surface area contributed by atoms with Gasteiger partial charge in [0, 0.05) is 28.5 Å². The lowest BCUT2D eigenvalue weighted by Gasteiger charge is -2.23. The smallest absolute Gasteiger partial charge is 0.243 e. The maximum absolute atomic E-state index is 12.4. The van der Waals surface area contributed by atoms with Crippen molar-refractivity contribution in [2.75, 3.05) is 25.1 Å². The molecular formula is C16H15ClN4O2. The summed E-state index contributed by atoms with van der Waals surface area (Å²) in [6.07, 6.45) is 3.49. The summed E-state index contributed by atoms with van der Waals surface area (Å²) in [6, 6.07) is 5.19. The van der Waals surface area contributed by atoms with Crippen LogP contribution in [0.2, 0.25) is 5.02 Å². The summed E-state index contributed by atoms with van der Waals surface area (Å²) >= 11 is 6.23. The lowest BCUT2D eigenvalue weighted by molar-refractivity contribution is -0.120. The molecule has 0 aliphatic carbocycles. The number of morpholine rings is 1. The van der Waals surface area contributed by atoms with Gasteiger partial charge in [-0.2, -0.15) is 0 Å². The highest BCUT2D eigenvalue weighted by molar-refractivity contribution is 6.32. The third-order valence-electron chi connectivity index (χ3n) is 3.97. The number of carbonyl (C=O) groups excluding carboxylic acids is 1. The molecular weight excluding hydrogens is 316 g/mol. The number of nitrogens with zero attached hydrogens (tertiary/aromatic N) is 1. The van der Waals surface area contributed by atoms with Crippen molar-refractivity contribution < 1.29 is 9.53 Å². The second kappa shape index (κ2) is 5.81. The van der Waals surface area contributed by atoms with E-state index in [0.29, 0.717) is 30.5 Å². The summed E-state index contributed by atoms with van der Waals surface area (Å²) in [5.41, 5.74) is 2.39. The van der Waals surface area contributed by atoms with Gasteiger partial charge in [-0.15, -0.1) is 0 Å². The average Bonchev–Trinajstić information content (AvgIpc) is 2.94. The van der Waals surface area contributed by atoms with E-state index in [1.165, 1.54) is 0 Å². The second-order valence-electron chi connectivity index (χ2n) is 5.49. The highest BCUT2D eigenvalue weighted by Gasteiger charge is 2.22. The van der Waals surface area contributed by atoms with E-state index in [0.717, 1.165) is 21.8 Å². The van der Waals surface area contributed by atoms with Crippen LogP contribution in [0.5, 0.6) is 0 Å². The van der Waals surface area contributed by atoms with Crippen molar-refractivity contribution in [3.63, 3.8) is 0 Å². The van der Waals surface area contributed by atoms with E-state index in [-0.39, 0.29) is 11.9 Å². The summed E-state index contributed by atoms with van der Waals surface area (Å²) in [7, 11) is 0. The summed E-state index contributed by atoms with van der Waals surface area (Å²) < 4.78 is 5.33. The monoisotopic (exact) mass is 330 g/mol. The lowest BCUT2D eigenvalue weighted by atomic mass is 10.1. The standard InChI is InChI=1S/C16H15ClN4O2/c17-9-5-11-10-1-2-18-7-13(10)20-15(11)12(6-9)21-16(22)14-8-23-4-3-19-14/h1-2,5-7,14,19-20H,3-4,8H2,(H,21,22). The molecule has 1 aromatic carbocycles. The number of amides is 1. The number of H-pyrrole nitrogens is 1. The van der Waals surface area contributed by atoms with Gasteiger partial charge in [0.05, 0.1) is 36.1 Å². The number of halogens is 1. The number of aromatic nitrogens is 2. The normalized spacial score (nSPS) is 18.4. The fourth-order valence-electron chi connectivity index (χ4n) is 2.87. The maximum Gasteiger partial charge on any atom is 0.243 e. The minimum Gasteiger partial charge on any atom is -0.378 e. The number of aromatic amines is 1. The minimum atomic E-state index is -0.358. The Morgan fingerprint density at radius 2 is 2.30 bits per heavy atom. The van der Waals surface area contributed by atoms with Crippen LogP contribution in [0.1, 0.15) is 0 Å². The molecule has 1 unspecified atom stereocenters. The molecule has 7 heteroatoms. The predicted molar refractivity (Wildman–Crippen MR) is 89.8 cm³/mol. The van der Waals surface area contributed by atoms with Gasteiger partial charge in [0.1, 0.15) is 6.04 Å². The number of pyridine rings is 1. The van der Waals surface area contributed by atoms with Crippen molar-refractivity contribution >= 4 is 45.0 Å². The molecule has 0 bridgehead atoms. The molecule has 1 fully saturated rings. The molecule has 1 atom stereocenters. The minimum absolute atomic E-state index is 0.134. The Hall–Kier alpha value is -2.15. The van der Waals surface area contributed by atoms with Gasteiger partial charge in [-0.25, -0.2) is 0 Å². The van der Waals surface area contributed by atoms with Crippen LogP contribution in [0.4, 0.5) is 5.69 Å². The van der Waals surface area contributed by atoms with E-state index in [1.54, 1.807) is 18.5 Å². The summed E-state index contributed by atoms with van der Waals surface area (Å²) in [5, 5.41) is 8.62. The lowest BCUT2D eigenvalue weighted by Crippen LogP contribution is -2.48. The topological polar surface area (TPSA) is 79.0 Å². The highest BCUT2D eigenvalue weighted by atomic mass is 35.5. The SMILES string of the molecule is O=C(Nc1cc(Cl)cc2c1[nH]c1cnccc12)C1COCCN1. The largest absolute Gasteiger partial charge is 0.378 e. The zero-order chi connectivity index (χ0) is 15.8. The van der Waals surface area contributed by atoms with Gasteiger partial charge in [-0.3, -0.25) is 9.78 Å². The highest BCUT2D eigenvalue weighted by Crippen LogP contribution is 2.33. The summed E-state index contributed by atoms with van der Waals surface area (Å²) in [5.74, 6) is -0.134. The average molecular weight is 331 g/mol. The number of hydrogen-bond donors (Lipinski definition) is 3. The molecule has 1 saturated heterocycles. The fraction of sp³-hybridized carbons (Fsp3) is 0.250. The van der Waals surface area contributed by atoms with Crippen LogP contribution < -0.4 is 10.6 Å². The molecule has 118 valence electrons. The maximum atomic E-state index is 12.4. The van der Waals surface area contributed by atoms with Crippen LogP contribution in [-0.4, -0.2) is 41.7 Å². The van der Waals surface area contributed by atoms with E-state index in [2.05, 4.69) is 20.6 Å². The van der Waals surface area contributed by atoms with Gasteiger partial charge >= 0.3 is 0 Å². The van der Waals surface area contributed by atoms with E-state index in [4.69, 9.17) is 16.3 Å². The van der Waals surface area contributed by atoms with E-state index in [1.807, 2.05) is 12.1 Å². The number of hydrogen-bond acceptors (Lipinski definition) is 4. The zero-order valence-corrected chi connectivity index (χ0v) is 13.0. The van der Waals surface area contributed by atoms with Crippen molar-refractivity contribution in [2.45, 2.75) is 6.04 Å². The molecule has 4 rings (SSSR count). The van der Waals surface area contributed by atoms with Crippen molar-refractivity contribution in [1.82, 2.24) is 15.3 Å². The van der Waals surface area contributed by atoms with Crippen molar-refractivity contribution in [2.24, 2.45) is 0 Å². The Labute approximate surface area is 137 Å². The third kappa shape index (κ3) is 2.65. The molecule has 1 aliphatic heterocycles. The molecule has 23 heavy (non-hydrogen) atoms. The molecule has 0 saturated carbocycles. The van der Waals surface area contributed by atoms with Crippen molar-refractivity contribution in [3.05, 3.63) is 35.6 Å². The summed E-state index contributed by atoms with van der Waals surface area (Å²) in [6.45, 7) is 1.66. The molecule has 0 spiro atoms. The van der Waals surface area contributed by atoms with E-state index >= 15 is 0 Å². The molecule has 2 aromatic heterocycles. The molecule has 3 heterocycles. The first-order valence-corrected chi connectivity index (χ1v) is 7.77. The first-order chi connectivity index (χ1) is 11.2. The third-order valence-corrected chi connectivity index (χ3v) is 4.19. The second-order valence-corrected chi connectivity index (χ2v) is 5.93. The van der Waals surface area contributed by atoms with Crippen LogP contribution in [0.15, 0.2) is 30.6 Å². The predicted octanol–water partition coefficient (Wildman–Crippen LogP) is 2.30. The van der Waals surface area contributed by atoms with E-state index in [9.17, 15) is 4.79 Å². The van der Waals surface area contributed by atoms with Crippen LogP contribution in [0.25, 0.3) is 21.8 Å².